The number of aromatic nitrogens is 3. The van der Waals surface area contributed by atoms with Crippen LogP contribution in [-0.4, -0.2) is 14.6 Å². The molecule has 0 saturated heterocycles. The first-order valence-corrected chi connectivity index (χ1v) is 7.87. The molecule has 0 fully saturated rings. The van der Waals surface area contributed by atoms with Gasteiger partial charge in [-0.15, -0.1) is 0 Å². The number of rotatable bonds is 3. The number of halogens is 1. The lowest BCUT2D eigenvalue weighted by molar-refractivity contribution is 0.627. The predicted molar refractivity (Wildman–Crippen MR) is 92.3 cm³/mol. The van der Waals surface area contributed by atoms with Gasteiger partial charge in [0.05, 0.1) is 5.69 Å². The van der Waals surface area contributed by atoms with E-state index in [-0.39, 0.29) is 11.7 Å². The Morgan fingerprint density at radius 2 is 1.83 bits per heavy atom. The van der Waals surface area contributed by atoms with Gasteiger partial charge in [-0.3, -0.25) is 0 Å². The number of hydrogen-bond acceptors (Lipinski definition) is 2. The molecule has 4 heteroatoms. The minimum absolute atomic E-state index is 0.00831. The van der Waals surface area contributed by atoms with E-state index in [1.165, 1.54) is 0 Å². The summed E-state index contributed by atoms with van der Waals surface area (Å²) in [5.74, 6) is -0.224. The van der Waals surface area contributed by atoms with E-state index in [1.807, 2.05) is 67.7 Å². The van der Waals surface area contributed by atoms with E-state index in [1.54, 1.807) is 16.8 Å². The summed E-state index contributed by atoms with van der Waals surface area (Å²) in [6.07, 6.45) is 3.59. The lowest BCUT2D eigenvalue weighted by Crippen LogP contribution is -1.99. The van der Waals surface area contributed by atoms with Crippen molar-refractivity contribution in [1.29, 1.82) is 0 Å². The van der Waals surface area contributed by atoms with Gasteiger partial charge in [-0.1, -0.05) is 49.4 Å². The average molecular weight is 317 g/mol. The third-order valence-corrected chi connectivity index (χ3v) is 4.28. The highest BCUT2D eigenvalue weighted by Crippen LogP contribution is 2.29. The van der Waals surface area contributed by atoms with Crippen LogP contribution in [-0.2, 0) is 0 Å². The van der Waals surface area contributed by atoms with Gasteiger partial charge in [0.25, 0.3) is 0 Å². The monoisotopic (exact) mass is 317 g/mol. The van der Waals surface area contributed by atoms with E-state index in [0.717, 1.165) is 22.5 Å². The quantitative estimate of drug-likeness (QED) is 0.549. The Morgan fingerprint density at radius 1 is 1.00 bits per heavy atom. The molecule has 0 aliphatic carbocycles. The van der Waals surface area contributed by atoms with Crippen LogP contribution in [0.2, 0.25) is 0 Å². The van der Waals surface area contributed by atoms with Gasteiger partial charge in [-0.25, -0.2) is 13.9 Å². The first-order valence-electron chi connectivity index (χ1n) is 7.87. The van der Waals surface area contributed by atoms with Crippen molar-refractivity contribution in [2.75, 3.05) is 0 Å². The minimum Gasteiger partial charge on any atom is -0.237 e. The van der Waals surface area contributed by atoms with Crippen LogP contribution in [0.5, 0.6) is 0 Å². The van der Waals surface area contributed by atoms with Gasteiger partial charge >= 0.3 is 0 Å². The van der Waals surface area contributed by atoms with E-state index < -0.39 is 0 Å². The summed E-state index contributed by atoms with van der Waals surface area (Å²) in [7, 11) is 0. The molecular formula is C20H16FN3. The van der Waals surface area contributed by atoms with Gasteiger partial charge in [0.2, 0.25) is 0 Å². The van der Waals surface area contributed by atoms with Crippen LogP contribution >= 0.6 is 0 Å². The molecule has 2 aromatic carbocycles. The number of benzene rings is 2. The molecule has 0 radical (unpaired) electrons. The first kappa shape index (κ1) is 14.6. The van der Waals surface area contributed by atoms with Gasteiger partial charge < -0.3 is 0 Å². The largest absolute Gasteiger partial charge is 0.237 e. The number of fused-ring (bicyclic) bond motifs is 1. The zero-order chi connectivity index (χ0) is 16.5. The number of hydrogen-bond donors (Lipinski definition) is 0. The smallest absolute Gasteiger partial charge is 0.155 e. The standard InChI is InChI=1S/C20H16FN3/c1-14(19-13-20-22-10-5-11-24(20)23-19)16-8-9-17(18(21)12-16)15-6-3-2-4-7-15/h2-14H,1H3. The molecule has 0 saturated carbocycles. The molecule has 0 spiro atoms. The van der Waals surface area contributed by atoms with Crippen molar-refractivity contribution in [3.63, 3.8) is 0 Å². The molecule has 2 aromatic heterocycles. The third kappa shape index (κ3) is 2.56. The molecule has 4 rings (SSSR count). The van der Waals surface area contributed by atoms with Crippen LogP contribution in [0.3, 0.4) is 0 Å². The SMILES string of the molecule is CC(c1ccc(-c2ccccc2)c(F)c1)c1cc2ncccn2n1. The van der Waals surface area contributed by atoms with Gasteiger partial charge in [-0.2, -0.15) is 5.10 Å². The second-order valence-electron chi connectivity index (χ2n) is 5.82. The Morgan fingerprint density at radius 3 is 2.58 bits per heavy atom. The second kappa shape index (κ2) is 5.89. The van der Waals surface area contributed by atoms with Gasteiger partial charge in [-0.05, 0) is 23.3 Å². The Balaban J connectivity index is 1.70. The van der Waals surface area contributed by atoms with Crippen LogP contribution in [0.15, 0.2) is 73.1 Å². The summed E-state index contributed by atoms with van der Waals surface area (Å²) in [4.78, 5) is 4.28. The molecule has 24 heavy (non-hydrogen) atoms. The van der Waals surface area contributed by atoms with Crippen molar-refractivity contribution in [2.24, 2.45) is 0 Å². The fourth-order valence-electron chi connectivity index (χ4n) is 2.88. The van der Waals surface area contributed by atoms with Gasteiger partial charge in [0.15, 0.2) is 5.65 Å². The maximum atomic E-state index is 14.6. The van der Waals surface area contributed by atoms with Crippen LogP contribution < -0.4 is 0 Å². The van der Waals surface area contributed by atoms with E-state index in [2.05, 4.69) is 10.1 Å². The van der Waals surface area contributed by atoms with Crippen molar-refractivity contribution in [2.45, 2.75) is 12.8 Å². The van der Waals surface area contributed by atoms with Crippen molar-refractivity contribution < 1.29 is 4.39 Å². The molecule has 1 unspecified atom stereocenters. The van der Waals surface area contributed by atoms with Crippen LogP contribution in [0.1, 0.15) is 24.1 Å². The Bertz CT molecular complexity index is 959. The van der Waals surface area contributed by atoms with Gasteiger partial charge in [0.1, 0.15) is 5.82 Å². The summed E-state index contributed by atoms with van der Waals surface area (Å²) in [5.41, 5.74) is 4.06. The lowest BCUT2D eigenvalue weighted by Gasteiger charge is -2.11. The van der Waals surface area contributed by atoms with Crippen molar-refractivity contribution in [1.82, 2.24) is 14.6 Å². The van der Waals surface area contributed by atoms with E-state index in [0.29, 0.717) is 5.56 Å². The fourth-order valence-corrected chi connectivity index (χ4v) is 2.88. The van der Waals surface area contributed by atoms with E-state index in [9.17, 15) is 4.39 Å². The molecule has 2 heterocycles. The summed E-state index contributed by atoms with van der Waals surface area (Å²) in [6.45, 7) is 2.03. The normalized spacial score (nSPS) is 12.4. The molecule has 4 aromatic rings. The molecule has 0 aliphatic rings. The topological polar surface area (TPSA) is 30.2 Å². The lowest BCUT2D eigenvalue weighted by atomic mass is 9.95. The Kier molecular flexibility index (Phi) is 3.58. The summed E-state index contributed by atoms with van der Waals surface area (Å²) < 4.78 is 16.3. The van der Waals surface area contributed by atoms with Gasteiger partial charge in [0, 0.05) is 29.9 Å². The zero-order valence-corrected chi connectivity index (χ0v) is 13.2. The third-order valence-electron chi connectivity index (χ3n) is 4.28. The van der Waals surface area contributed by atoms with E-state index in [4.69, 9.17) is 0 Å². The maximum absolute atomic E-state index is 14.6. The molecule has 1 atom stereocenters. The Labute approximate surface area is 139 Å². The molecule has 0 N–H and O–H groups in total. The molecule has 0 aliphatic heterocycles. The minimum atomic E-state index is -0.215. The van der Waals surface area contributed by atoms with E-state index >= 15 is 0 Å². The van der Waals surface area contributed by atoms with Crippen LogP contribution in [0.4, 0.5) is 4.39 Å². The predicted octanol–water partition coefficient (Wildman–Crippen LogP) is 4.69. The average Bonchev–Trinajstić information content (AvgIpc) is 3.06. The van der Waals surface area contributed by atoms with Crippen molar-refractivity contribution >= 4 is 5.65 Å². The molecule has 0 amide bonds. The number of nitrogens with zero attached hydrogens (tertiary/aromatic N) is 3. The molecule has 3 nitrogen and oxygen atoms in total. The molecule has 0 bridgehead atoms. The maximum Gasteiger partial charge on any atom is 0.155 e. The summed E-state index contributed by atoms with van der Waals surface area (Å²) >= 11 is 0. The Hall–Kier alpha value is -3.01. The zero-order valence-electron chi connectivity index (χ0n) is 13.2. The first-order chi connectivity index (χ1) is 11.7. The summed E-state index contributed by atoms with van der Waals surface area (Å²) in [6, 6.07) is 18.8. The van der Waals surface area contributed by atoms with Crippen LogP contribution in [0.25, 0.3) is 16.8 Å². The second-order valence-corrected chi connectivity index (χ2v) is 5.82. The van der Waals surface area contributed by atoms with Crippen LogP contribution in [0, 0.1) is 5.82 Å². The highest BCUT2D eigenvalue weighted by molar-refractivity contribution is 5.64. The summed E-state index contributed by atoms with van der Waals surface area (Å²) in [5, 5.41) is 4.53. The molecule has 118 valence electrons. The van der Waals surface area contributed by atoms with Crippen molar-refractivity contribution in [3.8, 4) is 11.1 Å². The van der Waals surface area contributed by atoms with Crippen molar-refractivity contribution in [3.05, 3.63) is 90.1 Å². The highest BCUT2D eigenvalue weighted by Gasteiger charge is 2.15. The molecular weight excluding hydrogens is 301 g/mol. The highest BCUT2D eigenvalue weighted by atomic mass is 19.1. The fraction of sp³-hybridized carbons (Fsp3) is 0.100.